The van der Waals surface area contributed by atoms with Crippen LogP contribution in [0.5, 0.6) is 0 Å². The molecule has 90 valence electrons. The van der Waals surface area contributed by atoms with Crippen molar-refractivity contribution < 1.29 is 5.11 Å². The molecule has 0 bridgehead atoms. The average Bonchev–Trinajstić information content (AvgIpc) is 2.94. The molecule has 0 spiro atoms. The van der Waals surface area contributed by atoms with Crippen molar-refractivity contribution in [3.8, 4) is 0 Å². The second kappa shape index (κ2) is 3.94. The number of hydrogen-bond acceptors (Lipinski definition) is 6. The van der Waals surface area contributed by atoms with Gasteiger partial charge in [0.2, 0.25) is 0 Å². The number of hydrazine groups is 1. The van der Waals surface area contributed by atoms with E-state index in [1.807, 2.05) is 4.57 Å². The summed E-state index contributed by atoms with van der Waals surface area (Å²) in [5.74, 6) is 5.87. The molecule has 2 aromatic heterocycles. The van der Waals surface area contributed by atoms with Crippen LogP contribution in [0.25, 0.3) is 11.2 Å². The van der Waals surface area contributed by atoms with E-state index in [1.54, 1.807) is 6.33 Å². The Balaban J connectivity index is 2.12. The van der Waals surface area contributed by atoms with Crippen molar-refractivity contribution in [2.45, 2.75) is 31.4 Å². The van der Waals surface area contributed by atoms with Gasteiger partial charge in [-0.1, -0.05) is 0 Å². The van der Waals surface area contributed by atoms with Gasteiger partial charge in [0, 0.05) is 0 Å². The normalized spacial score (nSPS) is 24.4. The lowest BCUT2D eigenvalue weighted by Gasteiger charge is -2.16. The molecule has 0 unspecified atom stereocenters. The Morgan fingerprint density at radius 3 is 2.94 bits per heavy atom. The zero-order valence-electron chi connectivity index (χ0n) is 9.24. The topological polar surface area (TPSA) is 102 Å². The van der Waals surface area contributed by atoms with E-state index in [-0.39, 0.29) is 12.1 Å². The Morgan fingerprint density at radius 1 is 1.35 bits per heavy atom. The van der Waals surface area contributed by atoms with Gasteiger partial charge in [-0.25, -0.2) is 20.8 Å². The largest absolute Gasteiger partial charge is 0.391 e. The van der Waals surface area contributed by atoms with Crippen molar-refractivity contribution in [3.05, 3.63) is 12.7 Å². The highest BCUT2D eigenvalue weighted by molar-refractivity contribution is 5.82. The molecule has 0 saturated heterocycles. The van der Waals surface area contributed by atoms with Gasteiger partial charge < -0.3 is 15.1 Å². The van der Waals surface area contributed by atoms with Crippen LogP contribution >= 0.6 is 0 Å². The maximum Gasteiger partial charge on any atom is 0.171 e. The van der Waals surface area contributed by atoms with Gasteiger partial charge in [0.1, 0.15) is 6.33 Å². The summed E-state index contributed by atoms with van der Waals surface area (Å²) >= 11 is 0. The fourth-order valence-corrected chi connectivity index (χ4v) is 2.45. The smallest absolute Gasteiger partial charge is 0.171 e. The molecule has 3 rings (SSSR count). The first kappa shape index (κ1) is 10.4. The van der Waals surface area contributed by atoms with Crippen LogP contribution in [0, 0.1) is 0 Å². The quantitative estimate of drug-likeness (QED) is 0.506. The van der Waals surface area contributed by atoms with Crippen LogP contribution in [0.2, 0.25) is 0 Å². The summed E-state index contributed by atoms with van der Waals surface area (Å²) in [6.07, 6.45) is 5.62. The lowest BCUT2D eigenvalue weighted by Crippen LogP contribution is -2.18. The molecule has 0 amide bonds. The van der Waals surface area contributed by atoms with E-state index in [0.29, 0.717) is 17.0 Å². The van der Waals surface area contributed by atoms with E-state index in [4.69, 9.17) is 5.84 Å². The lowest BCUT2D eigenvalue weighted by molar-refractivity contribution is 0.138. The van der Waals surface area contributed by atoms with Crippen LogP contribution in [-0.4, -0.2) is 30.7 Å². The van der Waals surface area contributed by atoms with Gasteiger partial charge in [0.25, 0.3) is 0 Å². The summed E-state index contributed by atoms with van der Waals surface area (Å²) in [6, 6.07) is 0.0560. The van der Waals surface area contributed by atoms with E-state index in [1.165, 1.54) is 6.33 Å². The number of nitrogens with one attached hydrogen (secondary N) is 1. The Hall–Kier alpha value is -1.73. The number of hydrogen-bond donors (Lipinski definition) is 3. The molecule has 0 aliphatic heterocycles. The van der Waals surface area contributed by atoms with Crippen LogP contribution in [0.15, 0.2) is 12.7 Å². The van der Waals surface area contributed by atoms with Gasteiger partial charge in [0.05, 0.1) is 18.5 Å². The molecule has 2 heterocycles. The highest BCUT2D eigenvalue weighted by Crippen LogP contribution is 2.32. The van der Waals surface area contributed by atoms with Crippen molar-refractivity contribution in [2.24, 2.45) is 5.84 Å². The number of aliphatic hydroxyl groups is 1. The number of nitrogens with zero attached hydrogens (tertiary/aromatic N) is 4. The number of aromatic nitrogens is 4. The molecule has 1 aliphatic rings. The third-order valence-corrected chi connectivity index (χ3v) is 3.30. The van der Waals surface area contributed by atoms with E-state index >= 15 is 0 Å². The first-order valence-corrected chi connectivity index (χ1v) is 5.63. The van der Waals surface area contributed by atoms with Crippen LogP contribution in [0.3, 0.4) is 0 Å². The number of imidazole rings is 1. The fourth-order valence-electron chi connectivity index (χ4n) is 2.45. The standard InChI is InChI=1S/C10H14N6O/c11-15-9-8-10(13-4-12-9)16(5-14-8)6-2-1-3-7(6)17/h4-7,17H,1-3,11H2,(H,12,13,15)/t6-,7-/m1/s1. The third-order valence-electron chi connectivity index (χ3n) is 3.30. The number of rotatable bonds is 2. The SMILES string of the molecule is NNc1ncnc2c1ncn2[C@@H]1CCC[C@H]1O. The van der Waals surface area contributed by atoms with Crippen molar-refractivity contribution in [2.75, 3.05) is 5.43 Å². The summed E-state index contributed by atoms with van der Waals surface area (Å²) in [5, 5.41) is 9.91. The van der Waals surface area contributed by atoms with Crippen LogP contribution in [-0.2, 0) is 0 Å². The molecule has 17 heavy (non-hydrogen) atoms. The predicted molar refractivity (Wildman–Crippen MR) is 62.0 cm³/mol. The number of fused-ring (bicyclic) bond motifs is 1. The molecule has 7 heteroatoms. The number of aliphatic hydroxyl groups excluding tert-OH is 1. The molecule has 4 N–H and O–H groups in total. The second-order valence-corrected chi connectivity index (χ2v) is 4.26. The first-order chi connectivity index (χ1) is 8.31. The van der Waals surface area contributed by atoms with Gasteiger partial charge in [0.15, 0.2) is 17.0 Å². The van der Waals surface area contributed by atoms with Crippen molar-refractivity contribution in [1.82, 2.24) is 19.5 Å². The van der Waals surface area contributed by atoms with E-state index in [0.717, 1.165) is 19.3 Å². The van der Waals surface area contributed by atoms with Gasteiger partial charge in [-0.3, -0.25) is 0 Å². The Kier molecular flexibility index (Phi) is 2.41. The highest BCUT2D eigenvalue weighted by atomic mass is 16.3. The minimum atomic E-state index is -0.323. The van der Waals surface area contributed by atoms with Crippen LogP contribution in [0.4, 0.5) is 5.82 Å². The average molecular weight is 234 g/mol. The molecule has 1 saturated carbocycles. The summed E-state index contributed by atoms with van der Waals surface area (Å²) in [4.78, 5) is 12.5. The monoisotopic (exact) mass is 234 g/mol. The molecular formula is C10H14N6O. The maximum atomic E-state index is 9.91. The zero-order valence-corrected chi connectivity index (χ0v) is 9.24. The third kappa shape index (κ3) is 1.55. The summed E-state index contributed by atoms with van der Waals surface area (Å²) < 4.78 is 1.91. The summed E-state index contributed by atoms with van der Waals surface area (Å²) in [6.45, 7) is 0. The van der Waals surface area contributed by atoms with Crippen LogP contribution < -0.4 is 11.3 Å². The Morgan fingerprint density at radius 2 is 2.24 bits per heavy atom. The first-order valence-electron chi connectivity index (χ1n) is 5.63. The van der Waals surface area contributed by atoms with Crippen molar-refractivity contribution >= 4 is 17.0 Å². The van der Waals surface area contributed by atoms with Gasteiger partial charge in [-0.2, -0.15) is 0 Å². The molecule has 0 aromatic carbocycles. The highest BCUT2D eigenvalue weighted by Gasteiger charge is 2.28. The Labute approximate surface area is 97.7 Å². The predicted octanol–water partition coefficient (Wildman–Crippen LogP) is 0.198. The van der Waals surface area contributed by atoms with Gasteiger partial charge in [-0.15, -0.1) is 0 Å². The molecule has 0 radical (unpaired) electrons. The maximum absolute atomic E-state index is 9.91. The number of nitrogen functional groups attached to an aromatic ring is 1. The van der Waals surface area contributed by atoms with E-state index in [9.17, 15) is 5.11 Å². The lowest BCUT2D eigenvalue weighted by atomic mass is 10.2. The number of nitrogens with two attached hydrogens (primary N) is 1. The molecule has 1 fully saturated rings. The minimum Gasteiger partial charge on any atom is -0.391 e. The van der Waals surface area contributed by atoms with Gasteiger partial charge >= 0.3 is 0 Å². The van der Waals surface area contributed by atoms with Crippen molar-refractivity contribution in [3.63, 3.8) is 0 Å². The van der Waals surface area contributed by atoms with Crippen molar-refractivity contribution in [1.29, 1.82) is 0 Å². The molecule has 2 aromatic rings. The fraction of sp³-hybridized carbons (Fsp3) is 0.500. The summed E-state index contributed by atoms with van der Waals surface area (Å²) in [5.41, 5.74) is 3.84. The molecule has 7 nitrogen and oxygen atoms in total. The second-order valence-electron chi connectivity index (χ2n) is 4.26. The van der Waals surface area contributed by atoms with Crippen LogP contribution in [0.1, 0.15) is 25.3 Å². The summed E-state index contributed by atoms with van der Waals surface area (Å²) in [7, 11) is 0. The van der Waals surface area contributed by atoms with E-state index in [2.05, 4.69) is 20.4 Å². The minimum absolute atomic E-state index is 0.0560. The molecule has 2 atom stereocenters. The van der Waals surface area contributed by atoms with E-state index < -0.39 is 0 Å². The molecular weight excluding hydrogens is 220 g/mol. The molecule has 1 aliphatic carbocycles. The zero-order chi connectivity index (χ0) is 11.8. The Bertz CT molecular complexity index is 539. The van der Waals surface area contributed by atoms with Gasteiger partial charge in [-0.05, 0) is 19.3 Å². The number of anilines is 1.